The van der Waals surface area contributed by atoms with E-state index in [0.29, 0.717) is 12.5 Å². The van der Waals surface area contributed by atoms with Gasteiger partial charge >= 0.3 is 0 Å². The van der Waals surface area contributed by atoms with E-state index in [2.05, 4.69) is 10.1 Å². The van der Waals surface area contributed by atoms with E-state index >= 15 is 0 Å². The fourth-order valence-corrected chi connectivity index (χ4v) is 2.29. The van der Waals surface area contributed by atoms with Gasteiger partial charge in [0, 0.05) is 19.6 Å². The van der Waals surface area contributed by atoms with E-state index in [-0.39, 0.29) is 31.5 Å². The predicted molar refractivity (Wildman–Crippen MR) is 62.4 cm³/mol. The Labute approximate surface area is 106 Å². The van der Waals surface area contributed by atoms with Crippen LogP contribution in [0.5, 0.6) is 0 Å². The number of rotatable bonds is 8. The van der Waals surface area contributed by atoms with Crippen LogP contribution in [0.3, 0.4) is 0 Å². The van der Waals surface area contributed by atoms with E-state index in [1.54, 1.807) is 0 Å². The number of aliphatic hydroxyl groups is 1. The number of hydrogen-bond acceptors (Lipinski definition) is 3. The molecule has 18 heavy (non-hydrogen) atoms. The Morgan fingerprint density at radius 2 is 2.11 bits per heavy atom. The van der Waals surface area contributed by atoms with Gasteiger partial charge in [0.15, 0.2) is 0 Å². The molecule has 4 nitrogen and oxygen atoms in total. The van der Waals surface area contributed by atoms with Crippen LogP contribution in [-0.2, 0) is 9.53 Å². The molecule has 106 valence electrons. The van der Waals surface area contributed by atoms with Crippen molar-refractivity contribution >= 4 is 5.91 Å². The quantitative estimate of drug-likeness (QED) is 0.648. The minimum atomic E-state index is -2.49. The van der Waals surface area contributed by atoms with Crippen molar-refractivity contribution in [3.05, 3.63) is 0 Å². The highest BCUT2D eigenvalue weighted by atomic mass is 19.3. The molecule has 1 aliphatic rings. The Bertz CT molecular complexity index is 251. The second-order valence-corrected chi connectivity index (χ2v) is 4.65. The minimum absolute atomic E-state index is 0.0181. The van der Waals surface area contributed by atoms with Gasteiger partial charge in [0.1, 0.15) is 6.61 Å². The molecule has 0 aromatic carbocycles. The monoisotopic (exact) mass is 265 g/mol. The molecule has 1 amide bonds. The molecule has 0 heterocycles. The van der Waals surface area contributed by atoms with Crippen molar-refractivity contribution in [2.75, 3.05) is 26.4 Å². The van der Waals surface area contributed by atoms with Crippen molar-refractivity contribution in [1.82, 2.24) is 5.32 Å². The molecule has 2 N–H and O–H groups in total. The molecule has 2 atom stereocenters. The van der Waals surface area contributed by atoms with E-state index in [1.165, 1.54) is 0 Å². The lowest BCUT2D eigenvalue weighted by molar-refractivity contribution is -0.122. The largest absolute Gasteiger partial charge is 0.396 e. The highest BCUT2D eigenvalue weighted by molar-refractivity contribution is 5.75. The molecular weight excluding hydrogens is 244 g/mol. The van der Waals surface area contributed by atoms with Gasteiger partial charge in [-0.2, -0.15) is 0 Å². The Kier molecular flexibility index (Phi) is 7.12. The van der Waals surface area contributed by atoms with Crippen LogP contribution < -0.4 is 5.32 Å². The Morgan fingerprint density at radius 1 is 1.39 bits per heavy atom. The highest BCUT2D eigenvalue weighted by Gasteiger charge is 2.26. The zero-order chi connectivity index (χ0) is 13.4. The summed E-state index contributed by atoms with van der Waals surface area (Å²) in [5.74, 6) is 0.425. The van der Waals surface area contributed by atoms with E-state index in [9.17, 15) is 13.6 Å². The predicted octanol–water partition coefficient (Wildman–Crippen LogP) is 1.18. The Hall–Kier alpha value is -0.750. The van der Waals surface area contributed by atoms with Gasteiger partial charge < -0.3 is 15.2 Å². The lowest BCUT2D eigenvalue weighted by atomic mass is 9.97. The summed E-state index contributed by atoms with van der Waals surface area (Å²) < 4.78 is 28.1. The molecule has 2 unspecified atom stereocenters. The smallest absolute Gasteiger partial charge is 0.261 e. The van der Waals surface area contributed by atoms with Gasteiger partial charge in [0.05, 0.1) is 6.61 Å². The fraction of sp³-hybridized carbons (Fsp3) is 0.917. The van der Waals surface area contributed by atoms with Crippen LogP contribution in [0, 0.1) is 11.8 Å². The van der Waals surface area contributed by atoms with E-state index in [0.717, 1.165) is 19.3 Å². The van der Waals surface area contributed by atoms with Crippen LogP contribution in [0.25, 0.3) is 0 Å². The summed E-state index contributed by atoms with van der Waals surface area (Å²) in [6.07, 6.45) is 0.728. The number of hydrogen-bond donors (Lipinski definition) is 2. The van der Waals surface area contributed by atoms with Gasteiger partial charge in [0.2, 0.25) is 5.91 Å². The number of carbonyl (C=O) groups is 1. The fourth-order valence-electron chi connectivity index (χ4n) is 2.29. The zero-order valence-electron chi connectivity index (χ0n) is 10.4. The summed E-state index contributed by atoms with van der Waals surface area (Å²) in [6, 6.07) is 0. The molecule has 0 radical (unpaired) electrons. The lowest BCUT2D eigenvalue weighted by Gasteiger charge is -2.17. The highest BCUT2D eigenvalue weighted by Crippen LogP contribution is 2.30. The number of carbonyl (C=O) groups excluding carboxylic acids is 1. The van der Waals surface area contributed by atoms with Gasteiger partial charge in [0.25, 0.3) is 6.43 Å². The SMILES string of the molecule is O=C(CCOCC(F)F)NCC1CCCC1CO. The maximum Gasteiger partial charge on any atom is 0.261 e. The van der Waals surface area contributed by atoms with Gasteiger partial charge in [-0.25, -0.2) is 8.78 Å². The minimum Gasteiger partial charge on any atom is -0.396 e. The number of halogens is 2. The number of alkyl halides is 2. The molecule has 1 rings (SSSR count). The zero-order valence-corrected chi connectivity index (χ0v) is 10.4. The number of nitrogens with one attached hydrogen (secondary N) is 1. The molecule has 1 aliphatic carbocycles. The summed E-state index contributed by atoms with van der Waals surface area (Å²) in [4.78, 5) is 11.4. The molecule has 1 fully saturated rings. The Morgan fingerprint density at radius 3 is 2.78 bits per heavy atom. The summed E-state index contributed by atoms with van der Waals surface area (Å²) >= 11 is 0. The molecule has 6 heteroatoms. The van der Waals surface area contributed by atoms with E-state index < -0.39 is 13.0 Å². The van der Waals surface area contributed by atoms with Crippen LogP contribution in [0.15, 0.2) is 0 Å². The first-order valence-electron chi connectivity index (χ1n) is 6.37. The van der Waals surface area contributed by atoms with Crippen molar-refractivity contribution in [3.63, 3.8) is 0 Å². The number of aliphatic hydroxyl groups excluding tert-OH is 1. The maximum absolute atomic E-state index is 11.7. The first kappa shape index (κ1) is 15.3. The standard InChI is InChI=1S/C12H21F2NO3/c13-11(14)8-18-5-4-12(17)15-6-9-2-1-3-10(9)7-16/h9-11,16H,1-8H2,(H,15,17). The van der Waals surface area contributed by atoms with Crippen LogP contribution in [0.1, 0.15) is 25.7 Å². The van der Waals surface area contributed by atoms with Gasteiger partial charge in [-0.1, -0.05) is 6.42 Å². The first-order chi connectivity index (χ1) is 8.63. The van der Waals surface area contributed by atoms with Crippen LogP contribution in [0.2, 0.25) is 0 Å². The average molecular weight is 265 g/mol. The first-order valence-corrected chi connectivity index (χ1v) is 6.37. The third kappa shape index (κ3) is 5.73. The summed E-state index contributed by atoms with van der Waals surface area (Å²) in [5, 5.41) is 11.9. The van der Waals surface area contributed by atoms with Crippen molar-refractivity contribution in [2.24, 2.45) is 11.8 Å². The van der Waals surface area contributed by atoms with Crippen LogP contribution in [0.4, 0.5) is 8.78 Å². The van der Waals surface area contributed by atoms with Crippen molar-refractivity contribution in [3.8, 4) is 0 Å². The second kappa shape index (κ2) is 8.37. The third-order valence-electron chi connectivity index (χ3n) is 3.33. The number of amides is 1. The van der Waals surface area contributed by atoms with Gasteiger partial charge in [-0.3, -0.25) is 4.79 Å². The summed E-state index contributed by atoms with van der Waals surface area (Å²) in [5.41, 5.74) is 0. The van der Waals surface area contributed by atoms with E-state index in [1.807, 2.05) is 0 Å². The van der Waals surface area contributed by atoms with Crippen molar-refractivity contribution in [2.45, 2.75) is 32.1 Å². The third-order valence-corrected chi connectivity index (χ3v) is 3.33. The molecule has 0 spiro atoms. The molecule has 1 saturated carbocycles. The molecule has 0 aliphatic heterocycles. The van der Waals surface area contributed by atoms with Gasteiger partial charge in [-0.15, -0.1) is 0 Å². The molecule has 0 bridgehead atoms. The Balaban J connectivity index is 2.06. The summed E-state index contributed by atoms with van der Waals surface area (Å²) in [7, 11) is 0. The maximum atomic E-state index is 11.7. The van der Waals surface area contributed by atoms with Crippen LogP contribution >= 0.6 is 0 Å². The average Bonchev–Trinajstić information content (AvgIpc) is 2.79. The molecule has 0 saturated heterocycles. The number of ether oxygens (including phenoxy) is 1. The molecular formula is C12H21F2NO3. The van der Waals surface area contributed by atoms with Gasteiger partial charge in [-0.05, 0) is 24.7 Å². The molecule has 0 aromatic heterocycles. The van der Waals surface area contributed by atoms with Crippen LogP contribution in [-0.4, -0.2) is 43.8 Å². The second-order valence-electron chi connectivity index (χ2n) is 4.65. The van der Waals surface area contributed by atoms with Crippen molar-refractivity contribution in [1.29, 1.82) is 0 Å². The summed E-state index contributed by atoms with van der Waals surface area (Å²) in [6.45, 7) is 0.115. The topological polar surface area (TPSA) is 58.6 Å². The normalized spacial score (nSPS) is 23.6. The lowest BCUT2D eigenvalue weighted by Crippen LogP contribution is -2.32. The van der Waals surface area contributed by atoms with E-state index in [4.69, 9.17) is 5.11 Å². The van der Waals surface area contributed by atoms with Crippen molar-refractivity contribution < 1.29 is 23.4 Å². The molecule has 0 aromatic rings.